The molecule has 1 saturated heterocycles. The van der Waals surface area contributed by atoms with Crippen LogP contribution in [-0.2, 0) is 0 Å². The lowest BCUT2D eigenvalue weighted by Crippen LogP contribution is -2.28. The van der Waals surface area contributed by atoms with Crippen LogP contribution >= 0.6 is 0 Å². The molecule has 3 rings (SSSR count). The van der Waals surface area contributed by atoms with Gasteiger partial charge < -0.3 is 5.73 Å². The Balaban J connectivity index is 1.66. The molecule has 0 aromatic carbocycles. The molecule has 0 aromatic rings. The van der Waals surface area contributed by atoms with E-state index in [0.717, 1.165) is 6.04 Å². The lowest BCUT2D eigenvalue weighted by atomic mass is 9.85. The van der Waals surface area contributed by atoms with Crippen LogP contribution in [0.4, 0.5) is 0 Å². The number of hydrogen-bond acceptors (Lipinski definition) is 2. The van der Waals surface area contributed by atoms with Crippen LogP contribution in [0.1, 0.15) is 38.5 Å². The Kier molecular flexibility index (Phi) is 1.72. The second kappa shape index (κ2) is 2.71. The van der Waals surface area contributed by atoms with E-state index in [1.807, 2.05) is 0 Å². The van der Waals surface area contributed by atoms with Crippen LogP contribution in [-0.4, -0.2) is 30.1 Å². The average molecular weight is 180 g/mol. The van der Waals surface area contributed by atoms with Gasteiger partial charge in [-0.2, -0.15) is 0 Å². The van der Waals surface area contributed by atoms with Gasteiger partial charge in [-0.15, -0.1) is 0 Å². The van der Waals surface area contributed by atoms with Crippen LogP contribution in [0.5, 0.6) is 0 Å². The van der Waals surface area contributed by atoms with Crippen molar-refractivity contribution >= 4 is 0 Å². The predicted octanol–water partition coefficient (Wildman–Crippen LogP) is 1.35. The molecular weight excluding hydrogens is 160 g/mol. The van der Waals surface area contributed by atoms with E-state index in [0.29, 0.717) is 11.5 Å². The maximum Gasteiger partial charge on any atom is 0.00966 e. The van der Waals surface area contributed by atoms with E-state index in [1.165, 1.54) is 51.6 Å². The molecule has 2 heteroatoms. The fourth-order valence-electron chi connectivity index (χ4n) is 3.34. The molecule has 0 bridgehead atoms. The van der Waals surface area contributed by atoms with Crippen molar-refractivity contribution in [1.29, 1.82) is 0 Å². The summed E-state index contributed by atoms with van der Waals surface area (Å²) in [6.45, 7) is 2.72. The molecule has 0 aromatic heterocycles. The molecule has 2 nitrogen and oxygen atoms in total. The third-order valence-electron chi connectivity index (χ3n) is 4.27. The molecule has 0 unspecified atom stereocenters. The molecule has 13 heavy (non-hydrogen) atoms. The average Bonchev–Trinajstić information content (AvgIpc) is 2.80. The molecule has 1 aliphatic heterocycles. The topological polar surface area (TPSA) is 29.3 Å². The Labute approximate surface area is 80.5 Å². The highest BCUT2D eigenvalue weighted by Crippen LogP contribution is 2.47. The number of rotatable bonds is 1. The van der Waals surface area contributed by atoms with Crippen molar-refractivity contribution in [2.75, 3.05) is 13.1 Å². The first kappa shape index (κ1) is 8.25. The molecule has 3 fully saturated rings. The van der Waals surface area contributed by atoms with Gasteiger partial charge in [0.2, 0.25) is 0 Å². The van der Waals surface area contributed by atoms with E-state index >= 15 is 0 Å². The quantitative estimate of drug-likeness (QED) is 0.660. The van der Waals surface area contributed by atoms with Crippen molar-refractivity contribution in [2.45, 2.75) is 50.6 Å². The monoisotopic (exact) mass is 180 g/mol. The highest BCUT2D eigenvalue weighted by Gasteiger charge is 2.46. The van der Waals surface area contributed by atoms with Crippen molar-refractivity contribution in [1.82, 2.24) is 4.90 Å². The minimum absolute atomic E-state index is 0.513. The van der Waals surface area contributed by atoms with Crippen LogP contribution in [0, 0.1) is 5.41 Å². The zero-order valence-electron chi connectivity index (χ0n) is 8.34. The lowest BCUT2D eigenvalue weighted by Gasteiger charge is -2.23. The van der Waals surface area contributed by atoms with E-state index in [2.05, 4.69) is 4.90 Å². The standard InChI is InChI=1S/C11H20N2/c12-9-3-4-11(7-9)5-6-13(8-11)10-1-2-10/h9-10H,1-8,12H2/t9-,11+/m1/s1. The van der Waals surface area contributed by atoms with E-state index in [1.54, 1.807) is 0 Å². The maximum absolute atomic E-state index is 6.01. The fraction of sp³-hybridized carbons (Fsp3) is 1.00. The molecule has 2 aliphatic carbocycles. The van der Waals surface area contributed by atoms with E-state index < -0.39 is 0 Å². The Morgan fingerprint density at radius 1 is 1.15 bits per heavy atom. The van der Waals surface area contributed by atoms with Gasteiger partial charge >= 0.3 is 0 Å². The first-order valence-electron chi connectivity index (χ1n) is 5.77. The van der Waals surface area contributed by atoms with Crippen LogP contribution in [0.2, 0.25) is 0 Å². The second-order valence-electron chi connectivity index (χ2n) is 5.45. The molecular formula is C11H20N2. The minimum atomic E-state index is 0.513. The number of hydrogen-bond donors (Lipinski definition) is 1. The zero-order valence-corrected chi connectivity index (χ0v) is 8.34. The highest BCUT2D eigenvalue weighted by molar-refractivity contribution is 5.00. The SMILES string of the molecule is N[C@@H]1CC[C@]2(CCN(C3CC3)C2)C1. The fourth-order valence-corrected chi connectivity index (χ4v) is 3.34. The number of nitrogens with two attached hydrogens (primary N) is 1. The highest BCUT2D eigenvalue weighted by atomic mass is 15.2. The Morgan fingerprint density at radius 2 is 2.00 bits per heavy atom. The van der Waals surface area contributed by atoms with Crippen molar-refractivity contribution in [2.24, 2.45) is 11.1 Å². The van der Waals surface area contributed by atoms with Crippen LogP contribution < -0.4 is 5.73 Å². The van der Waals surface area contributed by atoms with Gasteiger partial charge in [-0.25, -0.2) is 0 Å². The van der Waals surface area contributed by atoms with Gasteiger partial charge in [-0.3, -0.25) is 4.90 Å². The van der Waals surface area contributed by atoms with Gasteiger partial charge in [0.05, 0.1) is 0 Å². The van der Waals surface area contributed by atoms with Crippen LogP contribution in [0.15, 0.2) is 0 Å². The molecule has 0 amide bonds. The summed E-state index contributed by atoms with van der Waals surface area (Å²) >= 11 is 0. The number of nitrogens with zero attached hydrogens (tertiary/aromatic N) is 1. The van der Waals surface area contributed by atoms with E-state index in [4.69, 9.17) is 5.73 Å². The summed E-state index contributed by atoms with van der Waals surface area (Å²) < 4.78 is 0. The van der Waals surface area contributed by atoms with Crippen molar-refractivity contribution in [3.63, 3.8) is 0 Å². The second-order valence-corrected chi connectivity index (χ2v) is 5.45. The molecule has 2 saturated carbocycles. The molecule has 0 radical (unpaired) electrons. The molecule has 1 spiro atoms. The van der Waals surface area contributed by atoms with Gasteiger partial charge in [-0.1, -0.05) is 0 Å². The van der Waals surface area contributed by atoms with Gasteiger partial charge in [0.25, 0.3) is 0 Å². The van der Waals surface area contributed by atoms with Gasteiger partial charge in [-0.05, 0) is 50.5 Å². The van der Waals surface area contributed by atoms with Gasteiger partial charge in [0.1, 0.15) is 0 Å². The summed E-state index contributed by atoms with van der Waals surface area (Å²) in [4.78, 5) is 2.72. The van der Waals surface area contributed by atoms with Crippen LogP contribution in [0.25, 0.3) is 0 Å². The normalized spacial score (nSPS) is 46.4. The Hall–Kier alpha value is -0.0800. The summed E-state index contributed by atoms with van der Waals surface area (Å²) in [6.07, 6.45) is 8.33. The van der Waals surface area contributed by atoms with E-state index in [-0.39, 0.29) is 0 Å². The summed E-state index contributed by atoms with van der Waals surface area (Å²) in [6, 6.07) is 1.48. The summed E-state index contributed by atoms with van der Waals surface area (Å²) in [5, 5.41) is 0. The summed E-state index contributed by atoms with van der Waals surface area (Å²) in [5.74, 6) is 0. The van der Waals surface area contributed by atoms with Gasteiger partial charge in [0.15, 0.2) is 0 Å². The van der Waals surface area contributed by atoms with Crippen LogP contribution in [0.3, 0.4) is 0 Å². The van der Waals surface area contributed by atoms with Gasteiger partial charge in [0, 0.05) is 18.6 Å². The first-order chi connectivity index (χ1) is 6.27. The predicted molar refractivity (Wildman–Crippen MR) is 53.5 cm³/mol. The van der Waals surface area contributed by atoms with Crippen molar-refractivity contribution < 1.29 is 0 Å². The summed E-state index contributed by atoms with van der Waals surface area (Å²) in [7, 11) is 0. The van der Waals surface area contributed by atoms with E-state index in [9.17, 15) is 0 Å². The van der Waals surface area contributed by atoms with Crippen molar-refractivity contribution in [3.05, 3.63) is 0 Å². The third-order valence-corrected chi connectivity index (χ3v) is 4.27. The molecule has 2 atom stereocenters. The molecule has 74 valence electrons. The molecule has 3 aliphatic rings. The minimum Gasteiger partial charge on any atom is -0.328 e. The largest absolute Gasteiger partial charge is 0.328 e. The smallest absolute Gasteiger partial charge is 0.00966 e. The summed E-state index contributed by atoms with van der Waals surface area (Å²) in [5.41, 5.74) is 6.66. The number of likely N-dealkylation sites (tertiary alicyclic amines) is 1. The zero-order chi connectivity index (χ0) is 8.89. The third kappa shape index (κ3) is 1.40. The maximum atomic E-state index is 6.01. The Morgan fingerprint density at radius 3 is 2.62 bits per heavy atom. The first-order valence-corrected chi connectivity index (χ1v) is 5.77. The lowest BCUT2D eigenvalue weighted by molar-refractivity contribution is 0.253. The molecule has 2 N–H and O–H groups in total. The molecule has 1 heterocycles. The van der Waals surface area contributed by atoms with Crippen molar-refractivity contribution in [3.8, 4) is 0 Å². The Bertz CT molecular complexity index is 212.